The topological polar surface area (TPSA) is 57.6 Å². The fourth-order valence-electron chi connectivity index (χ4n) is 3.51. The predicted octanol–water partition coefficient (Wildman–Crippen LogP) is 4.03. The normalized spacial score (nSPS) is 19.1. The van der Waals surface area contributed by atoms with Gasteiger partial charge >= 0.3 is 0 Å². The number of para-hydroxylation sites is 1. The smallest absolute Gasteiger partial charge is 0.264 e. The molecular weight excluding hydrogens is 326 g/mol. The monoisotopic (exact) mass is 351 g/mol. The van der Waals surface area contributed by atoms with Gasteiger partial charge in [-0.1, -0.05) is 63.2 Å². The highest BCUT2D eigenvalue weighted by molar-refractivity contribution is 6.10. The van der Waals surface area contributed by atoms with E-state index in [1.165, 1.54) is 0 Å². The van der Waals surface area contributed by atoms with Crippen molar-refractivity contribution in [3.8, 4) is 0 Å². The van der Waals surface area contributed by atoms with Gasteiger partial charge in [-0.15, -0.1) is 0 Å². The maximum atomic E-state index is 12.9. The summed E-state index contributed by atoms with van der Waals surface area (Å²) in [5.74, 6) is -0.258. The molecule has 3 rings (SSSR count). The number of nitrogens with zero attached hydrogens (tertiary/aromatic N) is 1. The Morgan fingerprint density at radius 1 is 1.12 bits per heavy atom. The van der Waals surface area contributed by atoms with Gasteiger partial charge in [0.1, 0.15) is 0 Å². The van der Waals surface area contributed by atoms with Gasteiger partial charge < -0.3 is 10.0 Å². The lowest BCUT2D eigenvalue weighted by Gasteiger charge is -2.22. The van der Waals surface area contributed by atoms with E-state index in [-0.39, 0.29) is 12.2 Å². The summed E-state index contributed by atoms with van der Waals surface area (Å²) in [6.45, 7) is 6.69. The molecule has 0 unspecified atom stereocenters. The van der Waals surface area contributed by atoms with Crippen molar-refractivity contribution in [2.24, 2.45) is 0 Å². The fraction of sp³-hybridized carbons (Fsp3) is 0.364. The molecule has 26 heavy (non-hydrogen) atoms. The van der Waals surface area contributed by atoms with Gasteiger partial charge in [0.15, 0.2) is 11.4 Å². The van der Waals surface area contributed by atoms with Crippen molar-refractivity contribution in [1.29, 1.82) is 0 Å². The Morgan fingerprint density at radius 2 is 1.77 bits per heavy atom. The fourth-order valence-corrected chi connectivity index (χ4v) is 3.51. The molecule has 1 atom stereocenters. The Morgan fingerprint density at radius 3 is 2.38 bits per heavy atom. The molecule has 4 heteroatoms. The molecule has 1 amide bonds. The van der Waals surface area contributed by atoms with E-state index in [4.69, 9.17) is 0 Å². The molecule has 2 aromatic carbocycles. The largest absolute Gasteiger partial charge is 0.375 e. The quantitative estimate of drug-likeness (QED) is 0.800. The van der Waals surface area contributed by atoms with Gasteiger partial charge in [-0.05, 0) is 24.0 Å². The third kappa shape index (κ3) is 3.06. The maximum Gasteiger partial charge on any atom is 0.264 e. The van der Waals surface area contributed by atoms with Crippen LogP contribution in [0.1, 0.15) is 61.0 Å². The van der Waals surface area contributed by atoms with Gasteiger partial charge in [-0.2, -0.15) is 0 Å². The van der Waals surface area contributed by atoms with E-state index < -0.39 is 11.5 Å². The minimum absolute atomic E-state index is 0.232. The molecule has 0 saturated heterocycles. The third-order valence-corrected chi connectivity index (χ3v) is 5.00. The van der Waals surface area contributed by atoms with Crippen molar-refractivity contribution >= 4 is 17.4 Å². The average molecular weight is 351 g/mol. The Bertz CT molecular complexity index is 826. The Balaban J connectivity index is 1.90. The van der Waals surface area contributed by atoms with Gasteiger partial charge in [0, 0.05) is 17.7 Å². The van der Waals surface area contributed by atoms with Crippen LogP contribution in [0.15, 0.2) is 48.5 Å². The number of Topliss-reactive ketones (excluding diaryl/α,β-unsaturated/α-hetero) is 1. The number of hydrogen-bond donors (Lipinski definition) is 1. The van der Waals surface area contributed by atoms with Crippen molar-refractivity contribution in [1.82, 2.24) is 0 Å². The zero-order valence-corrected chi connectivity index (χ0v) is 15.5. The summed E-state index contributed by atoms with van der Waals surface area (Å²) in [5.41, 5.74) is 1.09. The number of ketones is 1. The Kier molecular flexibility index (Phi) is 4.97. The van der Waals surface area contributed by atoms with Crippen LogP contribution in [0.5, 0.6) is 0 Å². The summed E-state index contributed by atoms with van der Waals surface area (Å²) in [6, 6.07) is 14.6. The van der Waals surface area contributed by atoms with Crippen molar-refractivity contribution < 1.29 is 14.7 Å². The average Bonchev–Trinajstić information content (AvgIpc) is 2.84. The van der Waals surface area contributed by atoms with E-state index >= 15 is 0 Å². The summed E-state index contributed by atoms with van der Waals surface area (Å²) in [7, 11) is 0. The van der Waals surface area contributed by atoms with Crippen molar-refractivity contribution in [3.63, 3.8) is 0 Å². The van der Waals surface area contributed by atoms with Crippen LogP contribution < -0.4 is 4.90 Å². The molecule has 2 aromatic rings. The summed E-state index contributed by atoms with van der Waals surface area (Å²) in [6.07, 6.45) is 0.533. The van der Waals surface area contributed by atoms with E-state index in [2.05, 4.69) is 13.8 Å². The number of aliphatic hydroxyl groups is 1. The minimum atomic E-state index is -1.79. The standard InChI is InChI=1S/C22H25NO3/c1-4-13-23-19-8-6-5-7-18(19)22(26,21(23)25)14-20(24)17-11-9-16(10-12-17)15(2)3/h5-12,15,26H,4,13-14H2,1-3H3/t22-/m0/s1. The summed E-state index contributed by atoms with van der Waals surface area (Å²) in [5, 5.41) is 11.2. The summed E-state index contributed by atoms with van der Waals surface area (Å²) >= 11 is 0. The van der Waals surface area contributed by atoms with Crippen LogP contribution >= 0.6 is 0 Å². The first-order valence-corrected chi connectivity index (χ1v) is 9.15. The second-order valence-corrected chi connectivity index (χ2v) is 7.21. The highest BCUT2D eigenvalue weighted by Crippen LogP contribution is 2.42. The summed E-state index contributed by atoms with van der Waals surface area (Å²) in [4.78, 5) is 27.3. The highest BCUT2D eigenvalue weighted by atomic mass is 16.3. The van der Waals surface area contributed by atoms with Crippen LogP contribution in [0.25, 0.3) is 0 Å². The Hall–Kier alpha value is -2.46. The minimum Gasteiger partial charge on any atom is -0.375 e. The number of amides is 1. The second-order valence-electron chi connectivity index (χ2n) is 7.21. The number of anilines is 1. The van der Waals surface area contributed by atoms with E-state index in [0.717, 1.165) is 12.0 Å². The zero-order chi connectivity index (χ0) is 18.9. The molecule has 1 N–H and O–H groups in total. The molecule has 0 fully saturated rings. The molecule has 1 aliphatic rings. The second kappa shape index (κ2) is 7.04. The first-order chi connectivity index (χ1) is 12.4. The predicted molar refractivity (Wildman–Crippen MR) is 102 cm³/mol. The molecule has 1 heterocycles. The number of carbonyl (C=O) groups is 2. The van der Waals surface area contributed by atoms with Gasteiger partial charge in [-0.3, -0.25) is 9.59 Å². The maximum absolute atomic E-state index is 12.9. The molecule has 136 valence electrons. The van der Waals surface area contributed by atoms with Crippen LogP contribution in [-0.2, 0) is 10.4 Å². The van der Waals surface area contributed by atoms with E-state index in [1.807, 2.05) is 31.2 Å². The van der Waals surface area contributed by atoms with Gasteiger partial charge in [0.05, 0.1) is 12.1 Å². The van der Waals surface area contributed by atoms with Gasteiger partial charge in [0.2, 0.25) is 0 Å². The molecule has 0 saturated carbocycles. The SMILES string of the molecule is CCCN1C(=O)[C@](O)(CC(=O)c2ccc(C(C)C)cc2)c2ccccc21. The van der Waals surface area contributed by atoms with Crippen LogP contribution in [0, 0.1) is 0 Å². The molecule has 0 bridgehead atoms. The lowest BCUT2D eigenvalue weighted by molar-refractivity contribution is -0.135. The molecule has 4 nitrogen and oxygen atoms in total. The van der Waals surface area contributed by atoms with Gasteiger partial charge in [0.25, 0.3) is 5.91 Å². The van der Waals surface area contributed by atoms with Crippen LogP contribution in [0.4, 0.5) is 5.69 Å². The number of benzene rings is 2. The van der Waals surface area contributed by atoms with Crippen LogP contribution in [-0.4, -0.2) is 23.3 Å². The van der Waals surface area contributed by atoms with E-state index in [0.29, 0.717) is 29.3 Å². The highest BCUT2D eigenvalue weighted by Gasteiger charge is 2.50. The molecular formula is C22H25NO3. The molecule has 0 aliphatic carbocycles. The van der Waals surface area contributed by atoms with Crippen LogP contribution in [0.3, 0.4) is 0 Å². The molecule has 0 spiro atoms. The number of rotatable bonds is 6. The molecule has 0 aromatic heterocycles. The number of carbonyl (C=O) groups excluding carboxylic acids is 2. The number of hydrogen-bond acceptors (Lipinski definition) is 3. The first-order valence-electron chi connectivity index (χ1n) is 9.15. The lowest BCUT2D eigenvalue weighted by atomic mass is 9.87. The lowest BCUT2D eigenvalue weighted by Crippen LogP contribution is -2.42. The van der Waals surface area contributed by atoms with Crippen molar-refractivity contribution in [2.45, 2.75) is 45.1 Å². The van der Waals surface area contributed by atoms with Crippen LogP contribution in [0.2, 0.25) is 0 Å². The summed E-state index contributed by atoms with van der Waals surface area (Å²) < 4.78 is 0. The molecule has 1 aliphatic heterocycles. The Labute approximate surface area is 154 Å². The number of fused-ring (bicyclic) bond motifs is 1. The van der Waals surface area contributed by atoms with Gasteiger partial charge in [-0.25, -0.2) is 0 Å². The molecule has 0 radical (unpaired) electrons. The first kappa shape index (κ1) is 18.3. The van der Waals surface area contributed by atoms with Crippen molar-refractivity contribution in [3.05, 3.63) is 65.2 Å². The van der Waals surface area contributed by atoms with Crippen molar-refractivity contribution in [2.75, 3.05) is 11.4 Å². The van der Waals surface area contributed by atoms with E-state index in [1.54, 1.807) is 29.2 Å². The van der Waals surface area contributed by atoms with E-state index in [9.17, 15) is 14.7 Å². The third-order valence-electron chi connectivity index (χ3n) is 5.00. The zero-order valence-electron chi connectivity index (χ0n) is 15.5.